The third-order valence-electron chi connectivity index (χ3n) is 4.64. The van der Waals surface area contributed by atoms with E-state index in [1.165, 1.54) is 0 Å². The molecule has 1 amide bonds. The summed E-state index contributed by atoms with van der Waals surface area (Å²) in [6, 6.07) is 15.1. The van der Waals surface area contributed by atoms with E-state index in [-0.39, 0.29) is 11.9 Å². The summed E-state index contributed by atoms with van der Waals surface area (Å²) in [4.78, 5) is 13.1. The molecule has 0 aliphatic rings. The molecule has 2 aromatic rings. The topological polar surface area (TPSA) is 75.7 Å². The quantitative estimate of drug-likeness (QED) is 0.673. The summed E-state index contributed by atoms with van der Waals surface area (Å²) in [5.41, 5.74) is 1.41. The third-order valence-corrected chi connectivity index (χ3v) is 5.88. The lowest BCUT2D eigenvalue weighted by Crippen LogP contribution is -2.48. The molecule has 2 atom stereocenters. The number of sulfonamides is 1. The second kappa shape index (κ2) is 9.78. The third kappa shape index (κ3) is 6.22. The molecule has 158 valence electrons. The van der Waals surface area contributed by atoms with Crippen LogP contribution >= 0.6 is 0 Å². The number of nitrogens with one attached hydrogen (secondary N) is 1. The molecule has 2 rings (SSSR count). The number of hydrogen-bond acceptors (Lipinski definition) is 4. The van der Waals surface area contributed by atoms with E-state index in [9.17, 15) is 13.2 Å². The van der Waals surface area contributed by atoms with Crippen LogP contribution in [0.5, 0.6) is 5.75 Å². The van der Waals surface area contributed by atoms with Crippen LogP contribution in [0.1, 0.15) is 38.8 Å². The van der Waals surface area contributed by atoms with Crippen molar-refractivity contribution in [3.63, 3.8) is 0 Å². The lowest BCUT2D eigenvalue weighted by Gasteiger charge is -2.30. The molecule has 0 bridgehead atoms. The lowest BCUT2D eigenvalue weighted by molar-refractivity contribution is -0.122. The first-order valence-corrected chi connectivity index (χ1v) is 11.5. The van der Waals surface area contributed by atoms with Gasteiger partial charge in [-0.25, -0.2) is 8.42 Å². The van der Waals surface area contributed by atoms with E-state index in [1.807, 2.05) is 24.3 Å². The van der Waals surface area contributed by atoms with Crippen molar-refractivity contribution >= 4 is 21.6 Å². The Balaban J connectivity index is 2.28. The van der Waals surface area contributed by atoms with Gasteiger partial charge in [-0.05, 0) is 49.1 Å². The van der Waals surface area contributed by atoms with Gasteiger partial charge in [-0.3, -0.25) is 9.10 Å². The van der Waals surface area contributed by atoms with Gasteiger partial charge in [-0.2, -0.15) is 0 Å². The molecule has 7 heteroatoms. The molecule has 2 aromatic carbocycles. The monoisotopic (exact) mass is 418 g/mol. The SMILES string of the molecule is COc1ccc([C@@H](CC(C)C)NC(=O)[C@@H](C)N(c2ccccc2)S(C)(=O)=O)cc1. The lowest BCUT2D eigenvalue weighted by atomic mass is 9.96. The number of para-hydroxylation sites is 1. The van der Waals surface area contributed by atoms with Crippen molar-refractivity contribution in [1.29, 1.82) is 0 Å². The Kier molecular flexibility index (Phi) is 7.67. The van der Waals surface area contributed by atoms with Crippen molar-refractivity contribution in [2.45, 2.75) is 39.3 Å². The predicted octanol–water partition coefficient (Wildman–Crippen LogP) is 3.75. The van der Waals surface area contributed by atoms with Crippen LogP contribution < -0.4 is 14.4 Å². The van der Waals surface area contributed by atoms with Gasteiger partial charge in [0.2, 0.25) is 15.9 Å². The van der Waals surface area contributed by atoms with Gasteiger partial charge in [0.15, 0.2) is 0 Å². The zero-order chi connectivity index (χ0) is 21.6. The van der Waals surface area contributed by atoms with Gasteiger partial charge in [0.25, 0.3) is 0 Å². The van der Waals surface area contributed by atoms with Crippen molar-refractivity contribution in [2.75, 3.05) is 17.7 Å². The smallest absolute Gasteiger partial charge is 0.244 e. The van der Waals surface area contributed by atoms with E-state index >= 15 is 0 Å². The Morgan fingerprint density at radius 1 is 1.03 bits per heavy atom. The van der Waals surface area contributed by atoms with Crippen LogP contribution in [-0.2, 0) is 14.8 Å². The Morgan fingerprint density at radius 3 is 2.10 bits per heavy atom. The number of carbonyl (C=O) groups is 1. The summed E-state index contributed by atoms with van der Waals surface area (Å²) in [5, 5.41) is 3.04. The average Bonchev–Trinajstić information content (AvgIpc) is 2.67. The number of nitrogens with zero attached hydrogens (tertiary/aromatic N) is 1. The molecule has 0 aliphatic heterocycles. The Bertz CT molecular complexity index is 896. The molecule has 0 aliphatic carbocycles. The molecule has 29 heavy (non-hydrogen) atoms. The minimum absolute atomic E-state index is 0.229. The molecule has 1 N–H and O–H groups in total. The number of hydrogen-bond donors (Lipinski definition) is 1. The average molecular weight is 419 g/mol. The van der Waals surface area contributed by atoms with E-state index in [2.05, 4.69) is 19.2 Å². The van der Waals surface area contributed by atoms with Crippen LogP contribution in [0.15, 0.2) is 54.6 Å². The fraction of sp³-hybridized carbons (Fsp3) is 0.409. The first-order chi connectivity index (χ1) is 13.6. The Hall–Kier alpha value is -2.54. The van der Waals surface area contributed by atoms with Gasteiger partial charge in [0, 0.05) is 0 Å². The van der Waals surface area contributed by atoms with Crippen LogP contribution in [0.25, 0.3) is 0 Å². The molecule has 0 heterocycles. The molecular weight excluding hydrogens is 388 g/mol. The molecule has 0 saturated carbocycles. The number of amides is 1. The fourth-order valence-electron chi connectivity index (χ4n) is 3.26. The van der Waals surface area contributed by atoms with Gasteiger partial charge in [0.1, 0.15) is 11.8 Å². The summed E-state index contributed by atoms with van der Waals surface area (Å²) in [7, 11) is -2.03. The van der Waals surface area contributed by atoms with Gasteiger partial charge >= 0.3 is 0 Å². The minimum Gasteiger partial charge on any atom is -0.497 e. The maximum atomic E-state index is 13.1. The summed E-state index contributed by atoms with van der Waals surface area (Å²) in [6.07, 6.45) is 1.84. The van der Waals surface area contributed by atoms with Crippen molar-refractivity contribution in [3.8, 4) is 5.75 Å². The molecule has 0 radical (unpaired) electrons. The number of ether oxygens (including phenoxy) is 1. The van der Waals surface area contributed by atoms with Gasteiger partial charge < -0.3 is 10.1 Å². The highest BCUT2D eigenvalue weighted by atomic mass is 32.2. The molecule has 0 unspecified atom stereocenters. The highest BCUT2D eigenvalue weighted by molar-refractivity contribution is 7.92. The van der Waals surface area contributed by atoms with Crippen LogP contribution in [-0.4, -0.2) is 33.7 Å². The Labute approximate surface area is 173 Å². The highest BCUT2D eigenvalue weighted by Gasteiger charge is 2.30. The maximum Gasteiger partial charge on any atom is 0.244 e. The van der Waals surface area contributed by atoms with Crippen molar-refractivity contribution in [2.24, 2.45) is 5.92 Å². The molecule has 0 saturated heterocycles. The van der Waals surface area contributed by atoms with E-state index in [1.54, 1.807) is 44.4 Å². The zero-order valence-corrected chi connectivity index (χ0v) is 18.4. The molecule has 0 spiro atoms. The van der Waals surface area contributed by atoms with Crippen LogP contribution in [0, 0.1) is 5.92 Å². The van der Waals surface area contributed by atoms with Gasteiger partial charge in [-0.15, -0.1) is 0 Å². The number of rotatable bonds is 9. The first-order valence-electron chi connectivity index (χ1n) is 9.62. The van der Waals surface area contributed by atoms with E-state index < -0.39 is 16.1 Å². The summed E-state index contributed by atoms with van der Waals surface area (Å²) < 4.78 is 31.2. The highest BCUT2D eigenvalue weighted by Crippen LogP contribution is 2.25. The van der Waals surface area contributed by atoms with Crippen LogP contribution in [0.3, 0.4) is 0 Å². The van der Waals surface area contributed by atoms with Crippen LogP contribution in [0.2, 0.25) is 0 Å². The van der Waals surface area contributed by atoms with Gasteiger partial charge in [-0.1, -0.05) is 44.2 Å². The van der Waals surface area contributed by atoms with Crippen molar-refractivity contribution < 1.29 is 17.9 Å². The standard InChI is InChI=1S/C22H30N2O4S/c1-16(2)15-21(18-11-13-20(28-4)14-12-18)23-22(25)17(3)24(29(5,26)27)19-9-7-6-8-10-19/h6-14,16-17,21H,15H2,1-5H3,(H,23,25)/t17-,21-/m1/s1. The normalized spacial score (nSPS) is 13.6. The summed E-state index contributed by atoms with van der Waals surface area (Å²) in [6.45, 7) is 5.77. The number of methoxy groups -OCH3 is 1. The van der Waals surface area contributed by atoms with Gasteiger partial charge in [0.05, 0.1) is 25.1 Å². The molecule has 0 fully saturated rings. The second-order valence-corrected chi connectivity index (χ2v) is 9.39. The predicted molar refractivity (Wildman–Crippen MR) is 117 cm³/mol. The zero-order valence-electron chi connectivity index (χ0n) is 17.6. The summed E-state index contributed by atoms with van der Waals surface area (Å²) >= 11 is 0. The number of anilines is 1. The minimum atomic E-state index is -3.64. The van der Waals surface area contributed by atoms with E-state index in [0.717, 1.165) is 28.3 Å². The Morgan fingerprint density at radius 2 is 1.62 bits per heavy atom. The maximum absolute atomic E-state index is 13.1. The van der Waals surface area contributed by atoms with Crippen molar-refractivity contribution in [3.05, 3.63) is 60.2 Å². The second-order valence-electron chi connectivity index (χ2n) is 7.53. The molecular formula is C22H30N2O4S. The first kappa shape index (κ1) is 22.7. The number of carbonyl (C=O) groups excluding carboxylic acids is 1. The van der Waals surface area contributed by atoms with E-state index in [4.69, 9.17) is 4.74 Å². The molecule has 6 nitrogen and oxygen atoms in total. The van der Waals surface area contributed by atoms with Crippen LogP contribution in [0.4, 0.5) is 5.69 Å². The fourth-order valence-corrected chi connectivity index (χ4v) is 4.44. The van der Waals surface area contributed by atoms with E-state index in [0.29, 0.717) is 11.6 Å². The van der Waals surface area contributed by atoms with Crippen molar-refractivity contribution in [1.82, 2.24) is 5.32 Å². The number of benzene rings is 2. The molecule has 0 aromatic heterocycles. The largest absolute Gasteiger partial charge is 0.497 e. The summed E-state index contributed by atoms with van der Waals surface area (Å²) in [5.74, 6) is 0.739.